The van der Waals surface area contributed by atoms with Crippen LogP contribution in [0.2, 0.25) is 0 Å². The Kier molecular flexibility index (Phi) is 3.83. The van der Waals surface area contributed by atoms with Crippen LogP contribution < -0.4 is 0 Å². The summed E-state index contributed by atoms with van der Waals surface area (Å²) in [6.07, 6.45) is 0. The zero-order chi connectivity index (χ0) is 20.3. The normalized spacial score (nSPS) is 30.7. The van der Waals surface area contributed by atoms with Crippen LogP contribution in [-0.2, 0) is 0 Å². The van der Waals surface area contributed by atoms with Crippen LogP contribution >= 0.6 is 0 Å². The van der Waals surface area contributed by atoms with Crippen LogP contribution in [-0.4, -0.2) is 42.4 Å². The van der Waals surface area contributed by atoms with Gasteiger partial charge in [0.1, 0.15) is 13.1 Å². The van der Waals surface area contributed by atoms with Crippen molar-refractivity contribution in [2.75, 3.05) is 33.2 Å². The van der Waals surface area contributed by atoms with Crippen molar-refractivity contribution < 1.29 is 13.7 Å². The van der Waals surface area contributed by atoms with Gasteiger partial charge >= 0.3 is 0 Å². The fourth-order valence-corrected chi connectivity index (χ4v) is 5.94. The van der Waals surface area contributed by atoms with Crippen molar-refractivity contribution in [2.45, 2.75) is 12.1 Å². The molecule has 4 aromatic rings. The van der Waals surface area contributed by atoms with Gasteiger partial charge in [0.2, 0.25) is 6.04 Å². The fourth-order valence-electron chi connectivity index (χ4n) is 5.94. The van der Waals surface area contributed by atoms with Gasteiger partial charge in [-0.05, 0) is 38.2 Å². The van der Waals surface area contributed by atoms with E-state index in [0.29, 0.717) is 13.1 Å². The minimum atomic E-state index is -0.344. The highest BCUT2D eigenvalue weighted by atomic mass is 19.2. The standard InChI is InChI=1S/C27H27FN2/c1-29-14-16-30(28,17-15-29)27(25-13-11-21-7-3-5-9-23(21)19-25)26(29)24-12-10-20-6-2-4-8-22(20)18-24/h2-13,18-19,26-27H,14-17H2,1H3/q+2. The zero-order valence-electron chi connectivity index (χ0n) is 17.3. The highest BCUT2D eigenvalue weighted by Crippen LogP contribution is 2.53. The van der Waals surface area contributed by atoms with Crippen molar-refractivity contribution in [1.82, 2.24) is 0 Å². The molecule has 3 heteroatoms. The summed E-state index contributed by atoms with van der Waals surface area (Å²) >= 11 is 0. The van der Waals surface area contributed by atoms with E-state index in [4.69, 9.17) is 0 Å². The molecule has 150 valence electrons. The van der Waals surface area contributed by atoms with Gasteiger partial charge in [-0.25, -0.2) is 0 Å². The number of nitrogens with zero attached hydrogens (tertiary/aromatic N) is 2. The molecule has 3 aliphatic heterocycles. The second-order valence-corrected chi connectivity index (χ2v) is 9.40. The molecule has 2 unspecified atom stereocenters. The van der Waals surface area contributed by atoms with Gasteiger partial charge in [0.25, 0.3) is 0 Å². The number of piperazine rings is 3. The number of rotatable bonds is 2. The Morgan fingerprint density at radius 2 is 1.07 bits per heavy atom. The van der Waals surface area contributed by atoms with Crippen LogP contribution in [0.25, 0.3) is 21.5 Å². The third-order valence-electron chi connectivity index (χ3n) is 7.66. The van der Waals surface area contributed by atoms with Crippen LogP contribution in [0, 0.1) is 0 Å². The third kappa shape index (κ3) is 2.62. The summed E-state index contributed by atoms with van der Waals surface area (Å²) < 4.78 is 17.0. The van der Waals surface area contributed by atoms with Crippen molar-refractivity contribution in [2.24, 2.45) is 0 Å². The highest BCUT2D eigenvalue weighted by molar-refractivity contribution is 5.84. The molecule has 3 heterocycles. The lowest BCUT2D eigenvalue weighted by Gasteiger charge is -2.57. The molecular formula is C27H27FN2+2. The molecule has 30 heavy (non-hydrogen) atoms. The summed E-state index contributed by atoms with van der Waals surface area (Å²) in [5.74, 6) is 0. The summed E-state index contributed by atoms with van der Waals surface area (Å²) in [5, 5.41) is 4.89. The van der Waals surface area contributed by atoms with Gasteiger partial charge in [0, 0.05) is 11.1 Å². The van der Waals surface area contributed by atoms with Crippen LogP contribution in [0.4, 0.5) is 4.48 Å². The van der Waals surface area contributed by atoms with E-state index in [1.165, 1.54) is 27.1 Å². The summed E-state index contributed by atoms with van der Waals surface area (Å²) in [4.78, 5) is 0. The number of benzene rings is 4. The molecule has 3 saturated heterocycles. The molecule has 0 amide bonds. The number of quaternary nitrogens is 2. The lowest BCUT2D eigenvalue weighted by atomic mass is 9.83. The van der Waals surface area contributed by atoms with Crippen molar-refractivity contribution in [3.63, 3.8) is 0 Å². The van der Waals surface area contributed by atoms with E-state index in [2.05, 4.69) is 92.0 Å². The molecule has 0 aliphatic carbocycles. The van der Waals surface area contributed by atoms with E-state index in [0.717, 1.165) is 23.1 Å². The van der Waals surface area contributed by atoms with Crippen molar-refractivity contribution in [3.8, 4) is 0 Å². The average molecular weight is 399 g/mol. The van der Waals surface area contributed by atoms with Gasteiger partial charge in [-0.1, -0.05) is 72.8 Å². The topological polar surface area (TPSA) is 0 Å². The van der Waals surface area contributed by atoms with Gasteiger partial charge in [-0.3, -0.25) is 0 Å². The first-order valence-corrected chi connectivity index (χ1v) is 10.9. The number of halogens is 1. The van der Waals surface area contributed by atoms with Gasteiger partial charge < -0.3 is 4.48 Å². The first-order valence-electron chi connectivity index (χ1n) is 10.9. The van der Waals surface area contributed by atoms with Crippen LogP contribution in [0.1, 0.15) is 23.2 Å². The predicted molar refractivity (Wildman–Crippen MR) is 120 cm³/mol. The van der Waals surface area contributed by atoms with E-state index in [9.17, 15) is 0 Å². The summed E-state index contributed by atoms with van der Waals surface area (Å²) in [7, 11) is 2.33. The maximum absolute atomic E-state index is 16.4. The highest BCUT2D eigenvalue weighted by Gasteiger charge is 2.63. The van der Waals surface area contributed by atoms with E-state index < -0.39 is 0 Å². The monoisotopic (exact) mass is 398 g/mol. The molecule has 0 spiro atoms. The molecule has 3 fully saturated rings. The van der Waals surface area contributed by atoms with Gasteiger partial charge in [-0.2, -0.15) is 0 Å². The van der Waals surface area contributed by atoms with Gasteiger partial charge in [0.15, 0.2) is 19.1 Å². The zero-order valence-corrected chi connectivity index (χ0v) is 17.3. The Bertz CT molecular complexity index is 1160. The quantitative estimate of drug-likeness (QED) is 0.289. The average Bonchev–Trinajstić information content (AvgIpc) is 2.79. The summed E-state index contributed by atoms with van der Waals surface area (Å²) in [6.45, 7) is 2.96. The van der Waals surface area contributed by atoms with E-state index in [-0.39, 0.29) is 16.8 Å². The Morgan fingerprint density at radius 3 is 1.60 bits per heavy atom. The lowest BCUT2D eigenvalue weighted by molar-refractivity contribution is -1.18. The molecule has 2 nitrogen and oxygen atoms in total. The minimum Gasteiger partial charge on any atom is -0.305 e. The second kappa shape index (κ2) is 6.37. The van der Waals surface area contributed by atoms with E-state index >= 15 is 4.48 Å². The molecule has 4 aromatic carbocycles. The summed E-state index contributed by atoms with van der Waals surface area (Å²) in [6, 6.07) is 30.1. The van der Waals surface area contributed by atoms with Crippen LogP contribution in [0.5, 0.6) is 0 Å². The third-order valence-corrected chi connectivity index (χ3v) is 7.66. The Morgan fingerprint density at radius 1 is 0.600 bits per heavy atom. The van der Waals surface area contributed by atoms with Crippen LogP contribution in [0.15, 0.2) is 84.9 Å². The molecular weight excluding hydrogens is 371 g/mol. The van der Waals surface area contributed by atoms with E-state index in [1.807, 2.05) is 0 Å². The van der Waals surface area contributed by atoms with Crippen LogP contribution in [0.3, 0.4) is 0 Å². The van der Waals surface area contributed by atoms with Gasteiger partial charge in [0.05, 0.1) is 7.05 Å². The maximum Gasteiger partial charge on any atom is 0.207 e. The molecule has 0 aromatic heterocycles. The first-order chi connectivity index (χ1) is 14.6. The lowest BCUT2D eigenvalue weighted by Crippen LogP contribution is -2.72. The van der Waals surface area contributed by atoms with E-state index in [1.54, 1.807) is 0 Å². The van der Waals surface area contributed by atoms with Gasteiger partial charge in [-0.15, -0.1) is 4.71 Å². The number of hydrogen-bond donors (Lipinski definition) is 0. The smallest absolute Gasteiger partial charge is 0.207 e. The number of likely N-dealkylation sites (N-methyl/N-ethyl adjacent to an activating group) is 1. The minimum absolute atomic E-state index is 0.114. The Balaban J connectivity index is 1.55. The maximum atomic E-state index is 16.4. The molecule has 7 rings (SSSR count). The van der Waals surface area contributed by atoms with Crippen molar-refractivity contribution in [1.29, 1.82) is 0 Å². The molecule has 3 aliphatic rings. The molecule has 0 saturated carbocycles. The first kappa shape index (κ1) is 18.1. The predicted octanol–water partition coefficient (Wildman–Crippen LogP) is 5.95. The SMILES string of the molecule is C[N+]12CC[N+](F)(CC1)C(c1ccc3ccccc3c1)C2c1ccc2ccccc2c1. The Hall–Kier alpha value is -2.75. The molecule has 2 atom stereocenters. The van der Waals surface area contributed by atoms with Crippen molar-refractivity contribution >= 4 is 21.5 Å². The largest absolute Gasteiger partial charge is 0.305 e. The molecule has 0 N–H and O–H groups in total. The fraction of sp³-hybridized carbons (Fsp3) is 0.259. The second-order valence-electron chi connectivity index (χ2n) is 9.40. The summed E-state index contributed by atoms with van der Waals surface area (Å²) in [5.41, 5.74) is 2.38. The number of hydrogen-bond acceptors (Lipinski definition) is 0. The molecule has 2 bridgehead atoms. The molecule has 0 radical (unpaired) electrons. The number of fused-ring (bicyclic) bond motifs is 5. The Labute approximate surface area is 176 Å². The van der Waals surface area contributed by atoms with Crippen molar-refractivity contribution in [3.05, 3.63) is 96.1 Å².